The summed E-state index contributed by atoms with van der Waals surface area (Å²) in [6, 6.07) is 1.34. The Balaban J connectivity index is 2.86. The quantitative estimate of drug-likeness (QED) is 0.809. The molecular formula is C13H13ClF4N2O2. The Bertz CT molecular complexity index is 563. The van der Waals surface area contributed by atoms with E-state index in [1.807, 2.05) is 0 Å². The summed E-state index contributed by atoms with van der Waals surface area (Å²) in [5, 5.41) is 4.16. The van der Waals surface area contributed by atoms with E-state index in [4.69, 9.17) is 11.6 Å². The van der Waals surface area contributed by atoms with Crippen LogP contribution in [0.4, 0.5) is 17.6 Å². The van der Waals surface area contributed by atoms with Crippen molar-refractivity contribution in [2.24, 2.45) is 0 Å². The molecule has 0 radical (unpaired) electrons. The van der Waals surface area contributed by atoms with Crippen LogP contribution in [0.15, 0.2) is 18.2 Å². The Morgan fingerprint density at radius 2 is 1.91 bits per heavy atom. The van der Waals surface area contributed by atoms with Crippen LogP contribution in [0.2, 0.25) is 5.02 Å². The number of hydrogen-bond donors (Lipinski definition) is 2. The van der Waals surface area contributed by atoms with Crippen LogP contribution in [0.3, 0.4) is 0 Å². The van der Waals surface area contributed by atoms with Gasteiger partial charge in [0.25, 0.3) is 5.91 Å². The molecule has 0 spiro atoms. The van der Waals surface area contributed by atoms with E-state index in [-0.39, 0.29) is 17.1 Å². The summed E-state index contributed by atoms with van der Waals surface area (Å²) in [4.78, 5) is 23.3. The maximum absolute atomic E-state index is 12.7. The van der Waals surface area contributed by atoms with E-state index in [1.165, 1.54) is 6.92 Å². The summed E-state index contributed by atoms with van der Waals surface area (Å²) in [6.45, 7) is 0.338. The Labute approximate surface area is 128 Å². The van der Waals surface area contributed by atoms with E-state index in [2.05, 4.69) is 10.6 Å². The van der Waals surface area contributed by atoms with E-state index in [9.17, 15) is 27.2 Å². The molecule has 1 rings (SSSR count). The molecule has 1 unspecified atom stereocenters. The third-order valence-corrected chi connectivity index (χ3v) is 2.84. The van der Waals surface area contributed by atoms with E-state index in [0.29, 0.717) is 12.1 Å². The lowest BCUT2D eigenvalue weighted by Crippen LogP contribution is -2.45. The summed E-state index contributed by atoms with van der Waals surface area (Å²) >= 11 is 5.57. The molecule has 2 N–H and O–H groups in total. The highest BCUT2D eigenvalue weighted by molar-refractivity contribution is 6.31. The summed E-state index contributed by atoms with van der Waals surface area (Å²) < 4.78 is 49.9. The molecule has 9 heteroatoms. The van der Waals surface area contributed by atoms with E-state index >= 15 is 0 Å². The van der Waals surface area contributed by atoms with Gasteiger partial charge < -0.3 is 10.6 Å². The first-order chi connectivity index (χ1) is 10.1. The molecule has 4 nitrogen and oxygen atoms in total. The molecule has 0 saturated carbocycles. The van der Waals surface area contributed by atoms with Crippen LogP contribution in [-0.2, 0) is 11.0 Å². The highest BCUT2D eigenvalue weighted by atomic mass is 35.5. The molecule has 0 aliphatic carbocycles. The Morgan fingerprint density at radius 3 is 2.45 bits per heavy atom. The third kappa shape index (κ3) is 5.18. The number of hydrogen-bond acceptors (Lipinski definition) is 2. The number of carbonyl (C=O) groups is 2. The Kier molecular flexibility index (Phi) is 6.16. The fraction of sp³-hybridized carbons (Fsp3) is 0.385. The van der Waals surface area contributed by atoms with Crippen LogP contribution in [0, 0.1) is 0 Å². The van der Waals surface area contributed by atoms with Crippen LogP contribution in [-0.4, -0.2) is 31.1 Å². The molecular weight excluding hydrogens is 328 g/mol. The molecule has 22 heavy (non-hydrogen) atoms. The van der Waals surface area contributed by atoms with Crippen molar-refractivity contribution < 1.29 is 27.2 Å². The van der Waals surface area contributed by atoms with Crippen molar-refractivity contribution in [3.05, 3.63) is 34.3 Å². The van der Waals surface area contributed by atoms with Gasteiger partial charge in [-0.25, -0.2) is 4.39 Å². The van der Waals surface area contributed by atoms with E-state index in [1.54, 1.807) is 0 Å². The number of carbonyl (C=O) groups excluding carboxylic acids is 2. The number of benzene rings is 1. The van der Waals surface area contributed by atoms with Crippen molar-refractivity contribution in [1.29, 1.82) is 0 Å². The molecule has 1 aromatic carbocycles. The first-order valence-electron chi connectivity index (χ1n) is 6.17. The van der Waals surface area contributed by atoms with Gasteiger partial charge in [-0.1, -0.05) is 11.6 Å². The van der Waals surface area contributed by atoms with Crippen molar-refractivity contribution in [1.82, 2.24) is 10.6 Å². The van der Waals surface area contributed by atoms with Crippen LogP contribution in [0.25, 0.3) is 0 Å². The second-order valence-electron chi connectivity index (χ2n) is 4.40. The molecule has 0 aliphatic rings. The molecule has 0 heterocycles. The molecule has 0 saturated heterocycles. The second-order valence-corrected chi connectivity index (χ2v) is 4.84. The van der Waals surface area contributed by atoms with Gasteiger partial charge >= 0.3 is 6.18 Å². The van der Waals surface area contributed by atoms with Crippen LogP contribution in [0.5, 0.6) is 0 Å². The minimum absolute atomic E-state index is 0.214. The van der Waals surface area contributed by atoms with Crippen molar-refractivity contribution in [3.8, 4) is 0 Å². The van der Waals surface area contributed by atoms with Gasteiger partial charge in [0.15, 0.2) is 0 Å². The van der Waals surface area contributed by atoms with Gasteiger partial charge in [-0.3, -0.25) is 9.59 Å². The SMILES string of the molecule is CC(NC(=O)c1cc(Cl)cc(C(F)(F)F)c1)C(=O)NCCF. The van der Waals surface area contributed by atoms with Crippen molar-refractivity contribution in [2.45, 2.75) is 19.1 Å². The summed E-state index contributed by atoms with van der Waals surface area (Å²) in [5.41, 5.74) is -1.40. The number of nitrogens with one attached hydrogen (secondary N) is 2. The number of halogens is 5. The second kappa shape index (κ2) is 7.44. The lowest BCUT2D eigenvalue weighted by Gasteiger charge is -2.14. The van der Waals surface area contributed by atoms with Gasteiger partial charge in [0.05, 0.1) is 5.56 Å². The van der Waals surface area contributed by atoms with Crippen LogP contribution >= 0.6 is 11.6 Å². The fourth-order valence-electron chi connectivity index (χ4n) is 1.55. The zero-order valence-corrected chi connectivity index (χ0v) is 12.2. The molecule has 0 bridgehead atoms. The number of rotatable bonds is 5. The standard InChI is InChI=1S/C13H13ClF4N2O2/c1-7(11(21)19-3-2-15)20-12(22)8-4-9(13(16,17)18)6-10(14)5-8/h4-7H,2-3H2,1H3,(H,19,21)(H,20,22). The fourth-order valence-corrected chi connectivity index (χ4v) is 1.79. The van der Waals surface area contributed by atoms with Crippen molar-refractivity contribution in [3.63, 3.8) is 0 Å². The molecule has 122 valence electrons. The van der Waals surface area contributed by atoms with Crippen molar-refractivity contribution in [2.75, 3.05) is 13.2 Å². The average molecular weight is 341 g/mol. The van der Waals surface area contributed by atoms with Gasteiger partial charge in [-0.15, -0.1) is 0 Å². The lowest BCUT2D eigenvalue weighted by atomic mass is 10.1. The van der Waals surface area contributed by atoms with Crippen molar-refractivity contribution >= 4 is 23.4 Å². The van der Waals surface area contributed by atoms with Crippen LogP contribution in [0.1, 0.15) is 22.8 Å². The molecule has 0 fully saturated rings. The van der Waals surface area contributed by atoms with E-state index in [0.717, 1.165) is 6.07 Å². The maximum atomic E-state index is 12.7. The predicted octanol–water partition coefficient (Wildman–Crippen LogP) is 2.56. The average Bonchev–Trinajstić information content (AvgIpc) is 2.42. The molecule has 2 amide bonds. The summed E-state index contributed by atoms with van der Waals surface area (Å²) in [7, 11) is 0. The maximum Gasteiger partial charge on any atom is 0.416 e. The lowest BCUT2D eigenvalue weighted by molar-refractivity contribution is -0.137. The zero-order chi connectivity index (χ0) is 16.9. The number of amides is 2. The minimum Gasteiger partial charge on any atom is -0.352 e. The normalized spacial score (nSPS) is 12.6. The monoisotopic (exact) mass is 340 g/mol. The molecule has 0 aliphatic heterocycles. The Morgan fingerprint density at radius 1 is 1.27 bits per heavy atom. The third-order valence-electron chi connectivity index (χ3n) is 2.62. The van der Waals surface area contributed by atoms with Gasteiger partial charge in [-0.2, -0.15) is 13.2 Å². The smallest absolute Gasteiger partial charge is 0.352 e. The highest BCUT2D eigenvalue weighted by Crippen LogP contribution is 2.31. The first-order valence-corrected chi connectivity index (χ1v) is 6.55. The summed E-state index contributed by atoms with van der Waals surface area (Å²) in [5.74, 6) is -1.54. The molecule has 1 atom stereocenters. The van der Waals surface area contributed by atoms with E-state index < -0.39 is 36.3 Å². The molecule has 0 aromatic heterocycles. The van der Waals surface area contributed by atoms with Gasteiger partial charge in [0.2, 0.25) is 5.91 Å². The first kappa shape index (κ1) is 18.2. The predicted molar refractivity (Wildman–Crippen MR) is 72.4 cm³/mol. The van der Waals surface area contributed by atoms with Crippen LogP contribution < -0.4 is 10.6 Å². The van der Waals surface area contributed by atoms with Gasteiger partial charge in [0, 0.05) is 17.1 Å². The molecule has 1 aromatic rings. The number of alkyl halides is 4. The topological polar surface area (TPSA) is 58.2 Å². The highest BCUT2D eigenvalue weighted by Gasteiger charge is 2.32. The summed E-state index contributed by atoms with van der Waals surface area (Å²) in [6.07, 6.45) is -4.65. The Hall–Kier alpha value is -1.83. The van der Waals surface area contributed by atoms with Gasteiger partial charge in [0.1, 0.15) is 12.7 Å². The minimum atomic E-state index is -4.65. The largest absolute Gasteiger partial charge is 0.416 e. The van der Waals surface area contributed by atoms with Gasteiger partial charge in [-0.05, 0) is 25.1 Å². The zero-order valence-electron chi connectivity index (χ0n) is 11.4.